The summed E-state index contributed by atoms with van der Waals surface area (Å²) in [6.45, 7) is 2.08. The quantitative estimate of drug-likeness (QED) is 0.605. The molecule has 0 aliphatic rings. The maximum absolute atomic E-state index is 6.08. The van der Waals surface area contributed by atoms with Crippen molar-refractivity contribution in [2.24, 2.45) is 0 Å². The summed E-state index contributed by atoms with van der Waals surface area (Å²) in [7, 11) is 0. The van der Waals surface area contributed by atoms with Gasteiger partial charge in [0.1, 0.15) is 0 Å². The summed E-state index contributed by atoms with van der Waals surface area (Å²) in [5.41, 5.74) is 3.40. The van der Waals surface area contributed by atoms with Gasteiger partial charge in [0.2, 0.25) is 0 Å². The molecule has 0 spiro atoms. The van der Waals surface area contributed by atoms with E-state index in [1.165, 1.54) is 11.1 Å². The van der Waals surface area contributed by atoms with Gasteiger partial charge in [0, 0.05) is 10.0 Å². The molecule has 0 nitrogen and oxygen atoms in total. The summed E-state index contributed by atoms with van der Waals surface area (Å²) in [5, 5.41) is 1.31. The molecule has 0 aromatic heterocycles. The van der Waals surface area contributed by atoms with E-state index in [2.05, 4.69) is 37.3 Å². The van der Waals surface area contributed by atoms with E-state index in [-0.39, 0.29) is 0 Å². The Morgan fingerprint density at radius 2 is 1.53 bits per heavy atom. The minimum Gasteiger partial charge on any atom is -0.0843 e. The predicted molar refractivity (Wildman–Crippen MR) is 85.7 cm³/mol. The highest BCUT2D eigenvalue weighted by molar-refractivity contribution is 6.35. The normalized spacial score (nSPS) is 11.5. The fourth-order valence-corrected chi connectivity index (χ4v) is 2.11. The Bertz CT molecular complexity index is 608. The molecule has 2 heteroatoms. The van der Waals surface area contributed by atoms with E-state index in [1.807, 2.05) is 30.4 Å². The molecular formula is C17H14Cl2. The van der Waals surface area contributed by atoms with Gasteiger partial charge in [0.25, 0.3) is 0 Å². The molecule has 2 aromatic rings. The van der Waals surface area contributed by atoms with E-state index in [4.69, 9.17) is 23.2 Å². The Labute approximate surface area is 124 Å². The van der Waals surface area contributed by atoms with Gasteiger partial charge >= 0.3 is 0 Å². The molecule has 19 heavy (non-hydrogen) atoms. The van der Waals surface area contributed by atoms with Crippen LogP contribution in [0.4, 0.5) is 0 Å². The van der Waals surface area contributed by atoms with E-state index < -0.39 is 0 Å². The van der Waals surface area contributed by atoms with Crippen molar-refractivity contribution in [2.45, 2.75) is 6.92 Å². The summed E-state index contributed by atoms with van der Waals surface area (Å²) in [5.74, 6) is 0. The second-order valence-corrected chi connectivity index (χ2v) is 5.14. The van der Waals surface area contributed by atoms with Gasteiger partial charge in [-0.15, -0.1) is 0 Å². The lowest BCUT2D eigenvalue weighted by atomic mass is 10.1. The number of hydrogen-bond donors (Lipinski definition) is 0. The van der Waals surface area contributed by atoms with Crippen LogP contribution in [0.25, 0.3) is 12.2 Å². The van der Waals surface area contributed by atoms with Crippen molar-refractivity contribution in [2.75, 3.05) is 0 Å². The van der Waals surface area contributed by atoms with Crippen molar-refractivity contribution in [3.8, 4) is 0 Å². The summed E-state index contributed by atoms with van der Waals surface area (Å²) >= 11 is 11.9. The maximum Gasteiger partial charge on any atom is 0.0493 e. The summed E-state index contributed by atoms with van der Waals surface area (Å²) < 4.78 is 0. The Kier molecular flexibility index (Phi) is 4.84. The van der Waals surface area contributed by atoms with Crippen molar-refractivity contribution < 1.29 is 0 Å². The molecule has 0 unspecified atom stereocenters. The van der Waals surface area contributed by atoms with Crippen molar-refractivity contribution >= 4 is 35.4 Å². The third kappa shape index (κ3) is 4.27. The molecule has 96 valence electrons. The minimum absolute atomic E-state index is 0.650. The van der Waals surface area contributed by atoms with Gasteiger partial charge in [-0.1, -0.05) is 83.4 Å². The zero-order valence-corrected chi connectivity index (χ0v) is 12.1. The highest BCUT2D eigenvalue weighted by Gasteiger charge is 1.96. The molecule has 2 aromatic carbocycles. The highest BCUT2D eigenvalue weighted by Crippen LogP contribution is 2.22. The van der Waals surface area contributed by atoms with Crippen LogP contribution in [0, 0.1) is 6.92 Å². The van der Waals surface area contributed by atoms with Gasteiger partial charge in [-0.2, -0.15) is 0 Å². The third-order valence-electron chi connectivity index (χ3n) is 2.72. The molecule has 0 bridgehead atoms. The lowest BCUT2D eigenvalue weighted by molar-refractivity contribution is 1.46. The lowest BCUT2D eigenvalue weighted by Crippen LogP contribution is -1.74. The predicted octanol–water partition coefficient (Wildman–Crippen LogP) is 6.03. The molecule has 0 aliphatic heterocycles. The zero-order chi connectivity index (χ0) is 13.7. The Morgan fingerprint density at radius 3 is 2.21 bits per heavy atom. The molecule has 0 N–H and O–H groups in total. The van der Waals surface area contributed by atoms with Crippen LogP contribution >= 0.6 is 23.2 Å². The van der Waals surface area contributed by atoms with E-state index >= 15 is 0 Å². The van der Waals surface area contributed by atoms with Crippen LogP contribution in [-0.2, 0) is 0 Å². The van der Waals surface area contributed by atoms with Gasteiger partial charge in [0.15, 0.2) is 0 Å². The fourth-order valence-electron chi connectivity index (χ4n) is 1.64. The largest absolute Gasteiger partial charge is 0.0843 e. The second-order valence-electron chi connectivity index (χ2n) is 4.29. The highest BCUT2D eigenvalue weighted by atomic mass is 35.5. The van der Waals surface area contributed by atoms with Crippen molar-refractivity contribution in [3.05, 3.63) is 81.4 Å². The van der Waals surface area contributed by atoms with Crippen LogP contribution in [0.15, 0.2) is 54.6 Å². The molecule has 0 radical (unpaired) electrons. The average molecular weight is 289 g/mol. The van der Waals surface area contributed by atoms with Crippen LogP contribution in [0.3, 0.4) is 0 Å². The Hall–Kier alpha value is -1.50. The minimum atomic E-state index is 0.650. The molecule has 0 fully saturated rings. The van der Waals surface area contributed by atoms with Gasteiger partial charge in [-0.25, -0.2) is 0 Å². The third-order valence-corrected chi connectivity index (χ3v) is 3.28. The van der Waals surface area contributed by atoms with Crippen LogP contribution in [-0.4, -0.2) is 0 Å². The van der Waals surface area contributed by atoms with Gasteiger partial charge < -0.3 is 0 Å². The second kappa shape index (κ2) is 6.60. The van der Waals surface area contributed by atoms with Crippen molar-refractivity contribution in [3.63, 3.8) is 0 Å². The molecule has 0 aliphatic carbocycles. The molecule has 0 heterocycles. The smallest absolute Gasteiger partial charge is 0.0493 e. The Balaban J connectivity index is 2.05. The van der Waals surface area contributed by atoms with E-state index in [0.29, 0.717) is 10.0 Å². The molecule has 2 rings (SSSR count). The van der Waals surface area contributed by atoms with Gasteiger partial charge in [-0.3, -0.25) is 0 Å². The maximum atomic E-state index is 6.08. The SMILES string of the molecule is Cc1ccc(C=CC=Cc2ccc(Cl)cc2Cl)cc1. The first kappa shape index (κ1) is 13.9. The standard InChI is InChI=1S/C17H14Cl2/c1-13-6-8-14(9-7-13)4-2-3-5-15-10-11-16(18)12-17(15)19/h2-12H,1H3. The zero-order valence-electron chi connectivity index (χ0n) is 10.6. The lowest BCUT2D eigenvalue weighted by Gasteiger charge is -1.97. The monoisotopic (exact) mass is 288 g/mol. The van der Waals surface area contributed by atoms with Gasteiger partial charge in [0.05, 0.1) is 0 Å². The number of benzene rings is 2. The number of allylic oxidation sites excluding steroid dienone is 2. The summed E-state index contributed by atoms with van der Waals surface area (Å²) in [6.07, 6.45) is 7.98. The van der Waals surface area contributed by atoms with E-state index in [9.17, 15) is 0 Å². The first-order chi connectivity index (χ1) is 9.15. The van der Waals surface area contributed by atoms with Crippen molar-refractivity contribution in [1.82, 2.24) is 0 Å². The molecule has 0 saturated heterocycles. The van der Waals surface area contributed by atoms with E-state index in [1.54, 1.807) is 6.07 Å². The summed E-state index contributed by atoms with van der Waals surface area (Å²) in [4.78, 5) is 0. The number of rotatable bonds is 3. The average Bonchev–Trinajstić information content (AvgIpc) is 2.39. The Morgan fingerprint density at radius 1 is 0.842 bits per heavy atom. The fraction of sp³-hybridized carbons (Fsp3) is 0.0588. The van der Waals surface area contributed by atoms with Crippen LogP contribution in [0.5, 0.6) is 0 Å². The molecular weight excluding hydrogens is 275 g/mol. The summed E-state index contributed by atoms with van der Waals surface area (Å²) in [6, 6.07) is 13.9. The number of halogens is 2. The van der Waals surface area contributed by atoms with Crippen LogP contribution in [0.2, 0.25) is 10.0 Å². The first-order valence-electron chi connectivity index (χ1n) is 6.01. The van der Waals surface area contributed by atoms with Crippen molar-refractivity contribution in [1.29, 1.82) is 0 Å². The van der Waals surface area contributed by atoms with Crippen LogP contribution in [0.1, 0.15) is 16.7 Å². The van der Waals surface area contributed by atoms with E-state index in [0.717, 1.165) is 5.56 Å². The molecule has 0 saturated carbocycles. The number of hydrogen-bond acceptors (Lipinski definition) is 0. The molecule has 0 atom stereocenters. The van der Waals surface area contributed by atoms with Gasteiger partial charge in [-0.05, 0) is 30.2 Å². The van der Waals surface area contributed by atoms with Crippen LogP contribution < -0.4 is 0 Å². The molecule has 0 amide bonds. The first-order valence-corrected chi connectivity index (χ1v) is 6.77. The number of aryl methyl sites for hydroxylation is 1. The topological polar surface area (TPSA) is 0 Å².